The average molecular weight is 426 g/mol. The Bertz CT molecular complexity index is 616. The number of hydrogen-bond acceptors (Lipinski definition) is 4. The van der Waals surface area contributed by atoms with Crippen molar-refractivity contribution in [2.24, 2.45) is 5.73 Å². The van der Waals surface area contributed by atoms with E-state index in [0.29, 0.717) is 13.1 Å². The summed E-state index contributed by atoms with van der Waals surface area (Å²) >= 11 is 0. The van der Waals surface area contributed by atoms with Crippen LogP contribution in [0.25, 0.3) is 0 Å². The highest BCUT2D eigenvalue weighted by atomic mass is 35.5. The number of rotatable bonds is 5. The van der Waals surface area contributed by atoms with Crippen molar-refractivity contribution in [2.45, 2.75) is 50.5 Å². The normalized spacial score (nSPS) is 23.4. The topological polar surface area (TPSA) is 67.6 Å². The van der Waals surface area contributed by atoms with Crippen LogP contribution >= 0.6 is 24.8 Å². The van der Waals surface area contributed by atoms with Crippen LogP contribution in [0.1, 0.15) is 31.2 Å². The van der Waals surface area contributed by atoms with Crippen LogP contribution in [-0.2, 0) is 16.1 Å². The van der Waals surface area contributed by atoms with Crippen LogP contribution in [0.4, 0.5) is 8.78 Å². The van der Waals surface area contributed by atoms with Crippen LogP contribution in [0.15, 0.2) is 18.2 Å². The van der Waals surface area contributed by atoms with E-state index in [4.69, 9.17) is 10.5 Å². The lowest BCUT2D eigenvalue weighted by Gasteiger charge is -2.32. The fraction of sp³-hybridized carbons (Fsp3) is 0.611. The maximum atomic E-state index is 13.3. The van der Waals surface area contributed by atoms with Crippen molar-refractivity contribution >= 4 is 30.7 Å². The first-order valence-electron chi connectivity index (χ1n) is 8.87. The van der Waals surface area contributed by atoms with Gasteiger partial charge in [0.1, 0.15) is 6.10 Å². The molecule has 0 aromatic heterocycles. The summed E-state index contributed by atoms with van der Waals surface area (Å²) in [6.07, 6.45) is 2.84. The zero-order valence-electron chi connectivity index (χ0n) is 15.0. The molecule has 2 heterocycles. The van der Waals surface area contributed by atoms with Crippen molar-refractivity contribution in [3.8, 4) is 0 Å². The molecule has 0 aliphatic carbocycles. The number of likely N-dealkylation sites (tertiary alicyclic amines) is 1. The Morgan fingerprint density at radius 2 is 1.85 bits per heavy atom. The first-order chi connectivity index (χ1) is 12.0. The van der Waals surface area contributed by atoms with Crippen LogP contribution in [0, 0.1) is 11.6 Å². The molecule has 0 spiro atoms. The maximum Gasteiger partial charge on any atom is 0.249 e. The van der Waals surface area contributed by atoms with Crippen molar-refractivity contribution in [2.75, 3.05) is 19.6 Å². The minimum absolute atomic E-state index is 0. The third kappa shape index (κ3) is 6.54. The summed E-state index contributed by atoms with van der Waals surface area (Å²) in [6.45, 7) is 2.65. The summed E-state index contributed by atoms with van der Waals surface area (Å²) in [5, 5.41) is 3.07. The van der Waals surface area contributed by atoms with E-state index in [-0.39, 0.29) is 49.0 Å². The van der Waals surface area contributed by atoms with Gasteiger partial charge in [0.15, 0.2) is 11.6 Å². The molecule has 3 rings (SSSR count). The highest BCUT2D eigenvalue weighted by molar-refractivity contribution is 5.85. The number of piperidine rings is 1. The van der Waals surface area contributed by atoms with Gasteiger partial charge in [0, 0.05) is 32.2 Å². The summed E-state index contributed by atoms with van der Waals surface area (Å²) in [5.41, 5.74) is 6.33. The number of amides is 1. The number of carbonyl (C=O) groups is 1. The lowest BCUT2D eigenvalue weighted by atomic mass is 10.0. The standard InChI is InChI=1S/C18H25F2N3O2.2ClH/c19-15-3-1-12(9-16(15)20)11-23-7-5-13(6-8-23)22-18(24)17-4-2-14(10-21)25-17;;/h1,3,9,13-14,17H,2,4-8,10-11,21H2,(H,22,24);2*1H/t14-,17+;;/m1../s1. The van der Waals surface area contributed by atoms with Crippen molar-refractivity contribution in [3.05, 3.63) is 35.4 Å². The van der Waals surface area contributed by atoms with E-state index in [0.717, 1.165) is 50.4 Å². The number of ether oxygens (including phenoxy) is 1. The smallest absolute Gasteiger partial charge is 0.249 e. The lowest BCUT2D eigenvalue weighted by Crippen LogP contribution is -2.47. The molecule has 2 fully saturated rings. The Labute approximate surface area is 170 Å². The molecule has 27 heavy (non-hydrogen) atoms. The van der Waals surface area contributed by atoms with Gasteiger partial charge in [-0.05, 0) is 43.4 Å². The molecule has 0 bridgehead atoms. The first kappa shape index (κ1) is 24.0. The second kappa shape index (κ2) is 11.1. The second-order valence-electron chi connectivity index (χ2n) is 6.87. The Balaban J connectivity index is 0.00000182. The Morgan fingerprint density at radius 1 is 1.15 bits per heavy atom. The van der Waals surface area contributed by atoms with Gasteiger partial charge in [0.25, 0.3) is 0 Å². The monoisotopic (exact) mass is 425 g/mol. The van der Waals surface area contributed by atoms with Crippen LogP contribution in [0.5, 0.6) is 0 Å². The van der Waals surface area contributed by atoms with E-state index in [1.54, 1.807) is 6.07 Å². The maximum absolute atomic E-state index is 13.3. The number of halogens is 4. The molecule has 9 heteroatoms. The molecule has 1 aromatic rings. The average Bonchev–Trinajstić information content (AvgIpc) is 3.09. The molecular weight excluding hydrogens is 399 g/mol. The SMILES string of the molecule is Cl.Cl.NC[C@H]1CC[C@@H](C(=O)NC2CCN(Cc3ccc(F)c(F)c3)CC2)O1. The molecule has 2 atom stereocenters. The van der Waals surface area contributed by atoms with Crippen LogP contribution in [0.2, 0.25) is 0 Å². The van der Waals surface area contributed by atoms with Gasteiger partial charge < -0.3 is 15.8 Å². The summed E-state index contributed by atoms with van der Waals surface area (Å²) in [4.78, 5) is 14.4. The summed E-state index contributed by atoms with van der Waals surface area (Å²) in [5.74, 6) is -1.68. The van der Waals surface area contributed by atoms with E-state index in [9.17, 15) is 13.6 Å². The highest BCUT2D eigenvalue weighted by Gasteiger charge is 2.31. The van der Waals surface area contributed by atoms with E-state index in [1.165, 1.54) is 6.07 Å². The van der Waals surface area contributed by atoms with E-state index < -0.39 is 11.6 Å². The zero-order valence-corrected chi connectivity index (χ0v) is 16.7. The molecule has 5 nitrogen and oxygen atoms in total. The van der Waals surface area contributed by atoms with Crippen molar-refractivity contribution < 1.29 is 18.3 Å². The van der Waals surface area contributed by atoms with Crippen molar-refractivity contribution in [3.63, 3.8) is 0 Å². The van der Waals surface area contributed by atoms with Crippen LogP contribution in [-0.4, -0.2) is 48.7 Å². The summed E-state index contributed by atoms with van der Waals surface area (Å²) in [6, 6.07) is 4.15. The zero-order chi connectivity index (χ0) is 17.8. The molecule has 0 saturated carbocycles. The van der Waals surface area contributed by atoms with Gasteiger partial charge in [-0.2, -0.15) is 0 Å². The molecule has 1 amide bonds. The number of nitrogens with one attached hydrogen (secondary N) is 1. The van der Waals surface area contributed by atoms with Crippen molar-refractivity contribution in [1.29, 1.82) is 0 Å². The van der Waals surface area contributed by atoms with Gasteiger partial charge in [0.05, 0.1) is 6.10 Å². The van der Waals surface area contributed by atoms with E-state index in [1.807, 2.05) is 0 Å². The molecule has 154 valence electrons. The van der Waals surface area contributed by atoms with Crippen LogP contribution in [0.3, 0.4) is 0 Å². The quantitative estimate of drug-likeness (QED) is 0.759. The highest BCUT2D eigenvalue weighted by Crippen LogP contribution is 2.20. The minimum atomic E-state index is -0.823. The summed E-state index contributed by atoms with van der Waals surface area (Å²) in [7, 11) is 0. The van der Waals surface area contributed by atoms with Gasteiger partial charge in [-0.25, -0.2) is 8.78 Å². The third-order valence-electron chi connectivity index (χ3n) is 4.99. The van der Waals surface area contributed by atoms with Gasteiger partial charge in [-0.3, -0.25) is 9.69 Å². The number of carbonyl (C=O) groups excluding carboxylic acids is 1. The Kier molecular flexibility index (Phi) is 9.90. The van der Waals surface area contributed by atoms with Gasteiger partial charge in [-0.15, -0.1) is 24.8 Å². The van der Waals surface area contributed by atoms with Gasteiger partial charge >= 0.3 is 0 Å². The van der Waals surface area contributed by atoms with Crippen molar-refractivity contribution in [1.82, 2.24) is 10.2 Å². The van der Waals surface area contributed by atoms with Crippen LogP contribution < -0.4 is 11.1 Å². The van der Waals surface area contributed by atoms with Gasteiger partial charge in [0.2, 0.25) is 5.91 Å². The van der Waals surface area contributed by atoms with E-state index in [2.05, 4.69) is 10.2 Å². The first-order valence-corrected chi connectivity index (χ1v) is 8.87. The summed E-state index contributed by atoms with van der Waals surface area (Å²) < 4.78 is 31.9. The predicted molar refractivity (Wildman–Crippen MR) is 104 cm³/mol. The molecular formula is C18H27Cl2F2N3O2. The molecule has 0 radical (unpaired) electrons. The molecule has 2 aliphatic heterocycles. The molecule has 0 unspecified atom stereocenters. The predicted octanol–water partition coefficient (Wildman–Crippen LogP) is 2.40. The van der Waals surface area contributed by atoms with E-state index >= 15 is 0 Å². The lowest BCUT2D eigenvalue weighted by molar-refractivity contribution is -0.132. The third-order valence-corrected chi connectivity index (χ3v) is 4.99. The number of nitrogens with two attached hydrogens (primary N) is 1. The molecule has 2 aliphatic rings. The second-order valence-corrected chi connectivity index (χ2v) is 6.87. The minimum Gasteiger partial charge on any atom is -0.364 e. The Morgan fingerprint density at radius 3 is 2.44 bits per heavy atom. The number of nitrogens with zero attached hydrogens (tertiary/aromatic N) is 1. The molecule has 3 N–H and O–H groups in total. The fourth-order valence-corrected chi connectivity index (χ4v) is 3.50. The number of benzene rings is 1. The van der Waals surface area contributed by atoms with Gasteiger partial charge in [-0.1, -0.05) is 6.07 Å². The molecule has 1 aromatic carbocycles. The molecule has 2 saturated heterocycles. The Hall–Kier alpha value is -0.990. The number of hydrogen-bond donors (Lipinski definition) is 2. The largest absolute Gasteiger partial charge is 0.364 e. The fourth-order valence-electron chi connectivity index (χ4n) is 3.50.